The zero-order chi connectivity index (χ0) is 19.6. The molecule has 4 saturated carbocycles. The Bertz CT molecular complexity index is 634. The molecule has 0 bridgehead atoms. The summed E-state index contributed by atoms with van der Waals surface area (Å²) in [5.41, 5.74) is -0.853. The van der Waals surface area contributed by atoms with Gasteiger partial charge in [-0.1, -0.05) is 13.8 Å². The molecule has 0 heterocycles. The number of Topliss-reactive ketones (excluding diaryl/α,β-unsaturated/α-hetero) is 1. The Hall–Kier alpha value is -0.780. The second-order valence-corrected chi connectivity index (χ2v) is 10.5. The van der Waals surface area contributed by atoms with E-state index in [1.54, 1.807) is 0 Å². The molecule has 0 aromatic carbocycles. The third-order valence-electron chi connectivity index (χ3n) is 9.65. The molecule has 0 aromatic heterocycles. The summed E-state index contributed by atoms with van der Waals surface area (Å²) >= 11 is 0. The number of aliphatic hydroxyl groups is 3. The lowest BCUT2D eigenvalue weighted by Crippen LogP contribution is -2.63. The van der Waals surface area contributed by atoms with Crippen LogP contribution in [0.2, 0.25) is 0 Å². The van der Waals surface area contributed by atoms with Gasteiger partial charge in [-0.2, -0.15) is 0 Å². The molecule has 4 aliphatic rings. The summed E-state index contributed by atoms with van der Waals surface area (Å²) in [6.45, 7) is 4.04. The largest absolute Gasteiger partial charge is 0.393 e. The van der Waals surface area contributed by atoms with Crippen LogP contribution >= 0.6 is 0 Å². The molecule has 0 saturated heterocycles. The van der Waals surface area contributed by atoms with Crippen LogP contribution in [0.3, 0.4) is 0 Å². The van der Waals surface area contributed by atoms with E-state index in [9.17, 15) is 24.9 Å². The van der Waals surface area contributed by atoms with Gasteiger partial charge < -0.3 is 20.1 Å². The van der Waals surface area contributed by atoms with E-state index in [2.05, 4.69) is 13.8 Å². The highest BCUT2D eigenvalue weighted by Gasteiger charge is 2.67. The molecule has 5 nitrogen and oxygen atoms in total. The van der Waals surface area contributed by atoms with Crippen molar-refractivity contribution in [2.75, 3.05) is 6.61 Å². The van der Waals surface area contributed by atoms with Crippen LogP contribution in [0.15, 0.2) is 0 Å². The fraction of sp³-hybridized carbons (Fsp3) is 0.909. The van der Waals surface area contributed by atoms with E-state index in [-0.39, 0.29) is 40.5 Å². The summed E-state index contributed by atoms with van der Waals surface area (Å²) in [4.78, 5) is 24.7. The number of fused-ring (bicyclic) bond motifs is 5. The van der Waals surface area contributed by atoms with Gasteiger partial charge in [-0.3, -0.25) is 4.79 Å². The first kappa shape index (κ1) is 19.5. The Morgan fingerprint density at radius 1 is 1.07 bits per heavy atom. The van der Waals surface area contributed by atoms with Gasteiger partial charge in [0.25, 0.3) is 0 Å². The average molecular weight is 379 g/mol. The second-order valence-electron chi connectivity index (χ2n) is 10.5. The Morgan fingerprint density at radius 2 is 1.81 bits per heavy atom. The Morgan fingerprint density at radius 3 is 2.48 bits per heavy atom. The monoisotopic (exact) mass is 378 g/mol. The molecule has 0 spiro atoms. The number of hydrogen-bond donors (Lipinski definition) is 3. The molecule has 0 aromatic rings. The van der Waals surface area contributed by atoms with Crippen molar-refractivity contribution >= 4 is 12.1 Å². The number of ketones is 1. The minimum Gasteiger partial charge on any atom is -0.393 e. The number of rotatable bonds is 3. The fourth-order valence-corrected chi connectivity index (χ4v) is 8.20. The van der Waals surface area contributed by atoms with Crippen molar-refractivity contribution in [3.63, 3.8) is 0 Å². The van der Waals surface area contributed by atoms with Crippen LogP contribution in [-0.2, 0) is 9.59 Å². The minimum absolute atomic E-state index is 0.00686. The Kier molecular flexibility index (Phi) is 4.60. The van der Waals surface area contributed by atoms with Gasteiger partial charge in [-0.15, -0.1) is 0 Å². The lowest BCUT2D eigenvalue weighted by Gasteiger charge is -2.65. The maximum absolute atomic E-state index is 12.4. The number of carbonyl (C=O) groups is 2. The molecule has 4 aliphatic carbocycles. The van der Waals surface area contributed by atoms with Crippen molar-refractivity contribution in [2.24, 2.45) is 39.9 Å². The van der Waals surface area contributed by atoms with Gasteiger partial charge >= 0.3 is 0 Å². The lowest BCUT2D eigenvalue weighted by atomic mass is 9.39. The predicted octanol–water partition coefficient (Wildman–Crippen LogP) is 2.11. The van der Waals surface area contributed by atoms with Gasteiger partial charge in [0, 0.05) is 11.3 Å². The molecule has 9 atom stereocenters. The van der Waals surface area contributed by atoms with Crippen molar-refractivity contribution in [1.82, 2.24) is 0 Å². The van der Waals surface area contributed by atoms with Crippen molar-refractivity contribution in [3.05, 3.63) is 0 Å². The number of hydrogen-bond acceptors (Lipinski definition) is 5. The number of carbonyl (C=O) groups excluding carboxylic acids is 2. The highest BCUT2D eigenvalue weighted by Crippen LogP contribution is 2.70. The SMILES string of the molecule is C[C@]12CC[C@@H]3[C@@H]([C@@H](O)C[C@]4(C=O)[C@@H](C(=O)CO)CC[C@H]34)[C@@]1(C)CC[C@H](O)C2. The standard InChI is InChI=1S/C22H34O5/c1-20-7-6-14-15-3-4-16(18(27)11-23)22(15,12-24)10-17(26)19(14)21(20,2)8-5-13(25)9-20/h12-17,19,23,25-26H,3-11H2,1-2H3/t13-,14-,15+,16+,17-,19-,20+,21+,22+/m0/s1. The van der Waals surface area contributed by atoms with Crippen molar-refractivity contribution in [2.45, 2.75) is 77.4 Å². The summed E-state index contributed by atoms with van der Waals surface area (Å²) in [6, 6.07) is 0. The molecule has 5 heteroatoms. The van der Waals surface area contributed by atoms with Crippen LogP contribution < -0.4 is 0 Å². The first-order chi connectivity index (χ1) is 12.7. The van der Waals surface area contributed by atoms with E-state index < -0.39 is 24.0 Å². The van der Waals surface area contributed by atoms with E-state index in [1.165, 1.54) is 0 Å². The molecule has 0 unspecified atom stereocenters. The maximum atomic E-state index is 12.4. The molecule has 0 amide bonds. The van der Waals surface area contributed by atoms with Crippen LogP contribution in [0.5, 0.6) is 0 Å². The quantitative estimate of drug-likeness (QED) is 0.654. The molecule has 4 fully saturated rings. The number of aldehydes is 1. The topological polar surface area (TPSA) is 94.8 Å². The van der Waals surface area contributed by atoms with E-state index in [0.29, 0.717) is 12.8 Å². The highest BCUT2D eigenvalue weighted by molar-refractivity contribution is 5.87. The van der Waals surface area contributed by atoms with Crippen LogP contribution in [0.4, 0.5) is 0 Å². The molecule has 0 aliphatic heterocycles. The van der Waals surface area contributed by atoms with Gasteiger partial charge in [0.05, 0.1) is 12.2 Å². The zero-order valence-electron chi connectivity index (χ0n) is 16.6. The first-order valence-corrected chi connectivity index (χ1v) is 10.7. The van der Waals surface area contributed by atoms with E-state index >= 15 is 0 Å². The van der Waals surface area contributed by atoms with Crippen LogP contribution in [0, 0.1) is 39.9 Å². The fourth-order valence-electron chi connectivity index (χ4n) is 8.20. The summed E-state index contributed by atoms with van der Waals surface area (Å²) < 4.78 is 0. The Labute approximate surface area is 161 Å². The molecular formula is C22H34O5. The third-order valence-corrected chi connectivity index (χ3v) is 9.65. The summed E-state index contributed by atoms with van der Waals surface area (Å²) in [7, 11) is 0. The van der Waals surface area contributed by atoms with Gasteiger partial charge in [0.15, 0.2) is 5.78 Å². The van der Waals surface area contributed by atoms with Gasteiger partial charge in [0.1, 0.15) is 12.9 Å². The van der Waals surface area contributed by atoms with Gasteiger partial charge in [-0.05, 0) is 80.0 Å². The first-order valence-electron chi connectivity index (χ1n) is 10.7. The van der Waals surface area contributed by atoms with Gasteiger partial charge in [0.2, 0.25) is 0 Å². The lowest BCUT2D eigenvalue weighted by molar-refractivity contribution is -0.208. The normalized spacial score (nSPS) is 54.6. The van der Waals surface area contributed by atoms with E-state index in [1.807, 2.05) is 0 Å². The predicted molar refractivity (Wildman–Crippen MR) is 99.7 cm³/mol. The van der Waals surface area contributed by atoms with Gasteiger partial charge in [-0.25, -0.2) is 0 Å². The van der Waals surface area contributed by atoms with Crippen molar-refractivity contribution < 1.29 is 24.9 Å². The number of aliphatic hydroxyl groups excluding tert-OH is 3. The minimum atomic E-state index is -0.807. The van der Waals surface area contributed by atoms with E-state index in [0.717, 1.165) is 44.8 Å². The van der Waals surface area contributed by atoms with Crippen LogP contribution in [-0.4, -0.2) is 46.2 Å². The smallest absolute Gasteiger partial charge is 0.162 e. The molecule has 0 radical (unpaired) electrons. The summed E-state index contributed by atoms with van der Waals surface area (Å²) in [5, 5.41) is 31.0. The van der Waals surface area contributed by atoms with Crippen LogP contribution in [0.1, 0.15) is 65.2 Å². The third kappa shape index (κ3) is 2.47. The molecule has 3 N–H and O–H groups in total. The van der Waals surface area contributed by atoms with Crippen molar-refractivity contribution in [3.8, 4) is 0 Å². The summed E-state index contributed by atoms with van der Waals surface area (Å²) in [6.07, 6.45) is 6.31. The van der Waals surface area contributed by atoms with Crippen LogP contribution in [0.25, 0.3) is 0 Å². The molecule has 4 rings (SSSR count). The van der Waals surface area contributed by atoms with Crippen molar-refractivity contribution in [1.29, 1.82) is 0 Å². The maximum Gasteiger partial charge on any atom is 0.162 e. The highest BCUT2D eigenvalue weighted by atomic mass is 16.3. The summed E-state index contributed by atoms with van der Waals surface area (Å²) in [5.74, 6) is -0.219. The average Bonchev–Trinajstić information content (AvgIpc) is 3.01. The zero-order valence-corrected chi connectivity index (χ0v) is 16.6. The van der Waals surface area contributed by atoms with E-state index in [4.69, 9.17) is 0 Å². The molecule has 27 heavy (non-hydrogen) atoms. The second kappa shape index (κ2) is 6.36. The Balaban J connectivity index is 1.72. The molecular weight excluding hydrogens is 344 g/mol. The molecule has 152 valence electrons.